The van der Waals surface area contributed by atoms with E-state index in [1.165, 1.54) is 32.1 Å². The number of benzene rings is 1. The Bertz CT molecular complexity index is 359. The molecule has 2 rings (SSSR count). The second-order valence-corrected chi connectivity index (χ2v) is 4.29. The van der Waals surface area contributed by atoms with Crippen LogP contribution in [0.4, 0.5) is 0 Å². The average molecular weight is 240 g/mol. The molecule has 0 spiro atoms. The van der Waals surface area contributed by atoms with Crippen LogP contribution in [-0.4, -0.2) is 5.91 Å². The third kappa shape index (κ3) is 2.76. The largest absolute Gasteiger partial charge is 0.366 e. The molecule has 1 aromatic rings. The highest BCUT2D eigenvalue weighted by Gasteiger charge is 2.19. The van der Waals surface area contributed by atoms with Gasteiger partial charge >= 0.3 is 0 Å². The van der Waals surface area contributed by atoms with Gasteiger partial charge in [0.25, 0.3) is 0 Å². The van der Waals surface area contributed by atoms with Crippen molar-refractivity contribution in [2.45, 2.75) is 38.0 Å². The molecule has 1 saturated carbocycles. The van der Waals surface area contributed by atoms with Crippen molar-refractivity contribution in [3.05, 3.63) is 35.4 Å². The molecule has 1 fully saturated rings. The summed E-state index contributed by atoms with van der Waals surface area (Å²) >= 11 is 0. The predicted octanol–water partition coefficient (Wildman–Crippen LogP) is 3.26. The summed E-state index contributed by atoms with van der Waals surface area (Å²) in [6, 6.07) is 7.77. The van der Waals surface area contributed by atoms with E-state index in [-0.39, 0.29) is 18.3 Å². The number of hydrogen-bond donors (Lipinski definition) is 1. The zero-order valence-electron chi connectivity index (χ0n) is 9.32. The topological polar surface area (TPSA) is 43.1 Å². The lowest BCUT2D eigenvalue weighted by atomic mass is 9.82. The first-order valence-corrected chi connectivity index (χ1v) is 5.68. The summed E-state index contributed by atoms with van der Waals surface area (Å²) in [5, 5.41) is 0. The van der Waals surface area contributed by atoms with Crippen LogP contribution in [0.2, 0.25) is 0 Å². The number of nitrogens with two attached hydrogens (primary N) is 1. The maximum absolute atomic E-state index is 11.3. The number of halogens is 1. The van der Waals surface area contributed by atoms with Gasteiger partial charge in [-0.05, 0) is 30.4 Å². The highest BCUT2D eigenvalue weighted by atomic mass is 35.5. The Hall–Kier alpha value is -1.02. The van der Waals surface area contributed by atoms with Gasteiger partial charge in [0.05, 0.1) is 0 Å². The number of amides is 1. The Morgan fingerprint density at radius 3 is 2.38 bits per heavy atom. The van der Waals surface area contributed by atoms with Crippen molar-refractivity contribution in [2.24, 2.45) is 5.73 Å². The number of primary amides is 1. The van der Waals surface area contributed by atoms with Crippen LogP contribution in [0.1, 0.15) is 53.9 Å². The molecule has 0 aliphatic heterocycles. The molecular weight excluding hydrogens is 222 g/mol. The van der Waals surface area contributed by atoms with Crippen LogP contribution in [-0.2, 0) is 0 Å². The summed E-state index contributed by atoms with van der Waals surface area (Å²) in [5.41, 5.74) is 7.25. The minimum atomic E-state index is -0.295. The summed E-state index contributed by atoms with van der Waals surface area (Å²) in [5.74, 6) is 0.249. The highest BCUT2D eigenvalue weighted by Crippen LogP contribution is 2.34. The van der Waals surface area contributed by atoms with Crippen molar-refractivity contribution in [1.82, 2.24) is 0 Å². The van der Waals surface area contributed by atoms with Gasteiger partial charge in [-0.3, -0.25) is 4.79 Å². The lowest BCUT2D eigenvalue weighted by molar-refractivity contribution is 0.0998. The first-order valence-electron chi connectivity index (χ1n) is 5.68. The maximum atomic E-state index is 11.3. The van der Waals surface area contributed by atoms with Gasteiger partial charge in [-0.1, -0.05) is 37.5 Å². The molecule has 1 amide bonds. The van der Waals surface area contributed by atoms with E-state index in [0.717, 1.165) is 5.56 Å². The second kappa shape index (κ2) is 5.90. The van der Waals surface area contributed by atoms with Crippen LogP contribution >= 0.6 is 12.4 Å². The fraction of sp³-hybridized carbons (Fsp3) is 0.462. The van der Waals surface area contributed by atoms with Crippen molar-refractivity contribution < 1.29 is 4.79 Å². The van der Waals surface area contributed by atoms with Crippen molar-refractivity contribution in [2.75, 3.05) is 0 Å². The molecule has 2 nitrogen and oxygen atoms in total. The molecule has 0 unspecified atom stereocenters. The van der Waals surface area contributed by atoms with Crippen LogP contribution < -0.4 is 5.73 Å². The van der Waals surface area contributed by atoms with Crippen molar-refractivity contribution >= 4 is 18.3 Å². The predicted molar refractivity (Wildman–Crippen MR) is 68.0 cm³/mol. The van der Waals surface area contributed by atoms with E-state index in [9.17, 15) is 4.79 Å². The van der Waals surface area contributed by atoms with Gasteiger partial charge in [0.15, 0.2) is 0 Å². The quantitative estimate of drug-likeness (QED) is 0.846. The minimum Gasteiger partial charge on any atom is -0.366 e. The van der Waals surface area contributed by atoms with Gasteiger partial charge in [-0.2, -0.15) is 0 Å². The normalized spacial score (nSPS) is 16.5. The molecule has 1 aliphatic rings. The summed E-state index contributed by atoms with van der Waals surface area (Å²) in [6.45, 7) is 0. The molecule has 0 radical (unpaired) electrons. The van der Waals surface area contributed by atoms with E-state index in [1.807, 2.05) is 18.2 Å². The van der Waals surface area contributed by atoms with Gasteiger partial charge in [0, 0.05) is 5.56 Å². The summed E-state index contributed by atoms with van der Waals surface area (Å²) in [4.78, 5) is 11.3. The minimum absolute atomic E-state index is 0. The number of carbonyl (C=O) groups is 1. The van der Waals surface area contributed by atoms with E-state index in [0.29, 0.717) is 11.5 Å². The summed E-state index contributed by atoms with van der Waals surface area (Å²) in [7, 11) is 0. The van der Waals surface area contributed by atoms with Crippen LogP contribution in [0.25, 0.3) is 0 Å². The zero-order chi connectivity index (χ0) is 10.7. The Kier molecular flexibility index (Phi) is 4.81. The van der Waals surface area contributed by atoms with Gasteiger partial charge in [-0.15, -0.1) is 12.4 Å². The van der Waals surface area contributed by atoms with Crippen molar-refractivity contribution in [3.8, 4) is 0 Å². The molecule has 1 aromatic carbocycles. The molecular formula is C13H18ClNO. The molecule has 3 heteroatoms. The Balaban J connectivity index is 0.00000128. The molecule has 1 aliphatic carbocycles. The fourth-order valence-corrected chi connectivity index (χ4v) is 2.49. The Morgan fingerprint density at radius 2 is 1.75 bits per heavy atom. The van der Waals surface area contributed by atoms with Crippen LogP contribution in [0.3, 0.4) is 0 Å². The molecule has 88 valence electrons. The molecule has 0 heterocycles. The number of rotatable bonds is 2. The monoisotopic (exact) mass is 239 g/mol. The van der Waals surface area contributed by atoms with Gasteiger partial charge < -0.3 is 5.73 Å². The van der Waals surface area contributed by atoms with E-state index < -0.39 is 0 Å². The first-order chi connectivity index (χ1) is 7.29. The van der Waals surface area contributed by atoms with Gasteiger partial charge in [0.1, 0.15) is 0 Å². The molecule has 0 saturated heterocycles. The number of carbonyl (C=O) groups excluding carboxylic acids is 1. The lowest BCUT2D eigenvalue weighted by Crippen LogP contribution is -2.16. The molecule has 2 N–H and O–H groups in total. The summed E-state index contributed by atoms with van der Waals surface area (Å²) < 4.78 is 0. The fourth-order valence-electron chi connectivity index (χ4n) is 2.49. The SMILES string of the molecule is Cl.NC(=O)c1ccccc1C1CCCCC1. The molecule has 0 bridgehead atoms. The average Bonchev–Trinajstić information content (AvgIpc) is 2.30. The lowest BCUT2D eigenvalue weighted by Gasteiger charge is -2.23. The molecule has 0 atom stereocenters. The van der Waals surface area contributed by atoms with Crippen molar-refractivity contribution in [1.29, 1.82) is 0 Å². The maximum Gasteiger partial charge on any atom is 0.248 e. The second-order valence-electron chi connectivity index (χ2n) is 4.29. The van der Waals surface area contributed by atoms with Crippen LogP contribution in [0.5, 0.6) is 0 Å². The van der Waals surface area contributed by atoms with Crippen LogP contribution in [0, 0.1) is 0 Å². The van der Waals surface area contributed by atoms with E-state index in [1.54, 1.807) is 0 Å². The smallest absolute Gasteiger partial charge is 0.248 e. The third-order valence-corrected chi connectivity index (χ3v) is 3.27. The van der Waals surface area contributed by atoms with E-state index in [4.69, 9.17) is 5.73 Å². The van der Waals surface area contributed by atoms with Gasteiger partial charge in [-0.25, -0.2) is 0 Å². The highest BCUT2D eigenvalue weighted by molar-refractivity contribution is 5.94. The first kappa shape index (κ1) is 13.0. The number of hydrogen-bond acceptors (Lipinski definition) is 1. The molecule has 0 aromatic heterocycles. The van der Waals surface area contributed by atoms with Gasteiger partial charge in [0.2, 0.25) is 5.91 Å². The summed E-state index contributed by atoms with van der Waals surface area (Å²) in [6.07, 6.45) is 6.28. The standard InChI is InChI=1S/C13H17NO.ClH/c14-13(15)12-9-5-4-8-11(12)10-6-2-1-3-7-10;/h4-5,8-10H,1-3,6-7H2,(H2,14,15);1H. The third-order valence-electron chi connectivity index (χ3n) is 3.27. The zero-order valence-corrected chi connectivity index (χ0v) is 10.1. The Labute approximate surface area is 103 Å². The Morgan fingerprint density at radius 1 is 1.12 bits per heavy atom. The van der Waals surface area contributed by atoms with Crippen LogP contribution in [0.15, 0.2) is 24.3 Å². The van der Waals surface area contributed by atoms with Crippen molar-refractivity contribution in [3.63, 3.8) is 0 Å². The van der Waals surface area contributed by atoms with E-state index in [2.05, 4.69) is 6.07 Å². The van der Waals surface area contributed by atoms with E-state index >= 15 is 0 Å². The molecule has 16 heavy (non-hydrogen) atoms.